The minimum Gasteiger partial charge on any atom is -0.379 e. The van der Waals surface area contributed by atoms with Crippen molar-refractivity contribution in [3.8, 4) is 0 Å². The van der Waals surface area contributed by atoms with Gasteiger partial charge in [0.05, 0.1) is 38.5 Å². The fourth-order valence-electron chi connectivity index (χ4n) is 5.26. The van der Waals surface area contributed by atoms with Gasteiger partial charge in [-0.2, -0.15) is 0 Å². The number of morpholine rings is 2. The maximum Gasteiger partial charge on any atom is 0.182 e. The molecule has 0 bridgehead atoms. The van der Waals surface area contributed by atoms with Gasteiger partial charge in [-0.25, -0.2) is 0 Å². The van der Waals surface area contributed by atoms with Crippen molar-refractivity contribution in [3.63, 3.8) is 0 Å². The highest BCUT2D eigenvalue weighted by Crippen LogP contribution is 2.34. The van der Waals surface area contributed by atoms with Gasteiger partial charge in [-0.05, 0) is 28.5 Å². The zero-order chi connectivity index (χ0) is 24.1. The number of hydrogen-bond acceptors (Lipinski definition) is 5. The molecule has 0 spiro atoms. The molecule has 0 N–H and O–H groups in total. The van der Waals surface area contributed by atoms with Crippen LogP contribution in [0, 0.1) is 0 Å². The van der Waals surface area contributed by atoms with Crippen molar-refractivity contribution < 1.29 is 14.3 Å². The van der Waals surface area contributed by atoms with Gasteiger partial charge in [0, 0.05) is 31.7 Å². The second-order valence-corrected chi connectivity index (χ2v) is 10.1. The van der Waals surface area contributed by atoms with Crippen LogP contribution >= 0.6 is 0 Å². The number of hydrogen-bond donors (Lipinski definition) is 0. The molecular weight excluding hydrogens is 424 g/mol. The molecule has 2 saturated heterocycles. The summed E-state index contributed by atoms with van der Waals surface area (Å²) in [5.41, 5.74) is 4.50. The SMILES string of the molecule is CC(C)c1ccc(C(=O)[C@@H]([C@@H](c2ccccc2)N2CCOCC2)N2CCOCC2)c(C(C)C)c1. The van der Waals surface area contributed by atoms with Gasteiger partial charge >= 0.3 is 0 Å². The monoisotopic (exact) mass is 464 g/mol. The third-order valence-electron chi connectivity index (χ3n) is 7.22. The van der Waals surface area contributed by atoms with Crippen molar-refractivity contribution in [2.45, 2.75) is 51.6 Å². The van der Waals surface area contributed by atoms with E-state index in [1.807, 2.05) is 6.07 Å². The van der Waals surface area contributed by atoms with E-state index in [1.54, 1.807) is 0 Å². The zero-order valence-corrected chi connectivity index (χ0v) is 21.2. The van der Waals surface area contributed by atoms with Crippen LogP contribution in [0.2, 0.25) is 0 Å². The van der Waals surface area contributed by atoms with Gasteiger partial charge in [0.1, 0.15) is 0 Å². The molecule has 0 unspecified atom stereocenters. The van der Waals surface area contributed by atoms with Crippen molar-refractivity contribution in [1.29, 1.82) is 0 Å². The summed E-state index contributed by atoms with van der Waals surface area (Å²) in [6.07, 6.45) is 0. The predicted molar refractivity (Wildman–Crippen MR) is 137 cm³/mol. The Labute approximate surface area is 205 Å². The molecule has 2 aliphatic heterocycles. The molecule has 4 rings (SSSR count). The summed E-state index contributed by atoms with van der Waals surface area (Å²) >= 11 is 0. The first-order valence-corrected chi connectivity index (χ1v) is 12.8. The molecule has 0 saturated carbocycles. The van der Waals surface area contributed by atoms with E-state index in [0.717, 1.165) is 37.3 Å². The second-order valence-electron chi connectivity index (χ2n) is 10.1. The van der Waals surface area contributed by atoms with E-state index < -0.39 is 0 Å². The number of ketones is 1. The zero-order valence-electron chi connectivity index (χ0n) is 21.2. The van der Waals surface area contributed by atoms with Crippen LogP contribution in [0.25, 0.3) is 0 Å². The molecule has 5 nitrogen and oxygen atoms in total. The van der Waals surface area contributed by atoms with E-state index in [1.165, 1.54) is 11.1 Å². The quantitative estimate of drug-likeness (QED) is 0.521. The maximum atomic E-state index is 14.6. The van der Waals surface area contributed by atoms with Crippen LogP contribution in [0.5, 0.6) is 0 Å². The van der Waals surface area contributed by atoms with Gasteiger partial charge in [0.25, 0.3) is 0 Å². The van der Waals surface area contributed by atoms with E-state index in [-0.39, 0.29) is 23.8 Å². The lowest BCUT2D eigenvalue weighted by molar-refractivity contribution is -0.0301. The van der Waals surface area contributed by atoms with Crippen LogP contribution in [0.15, 0.2) is 48.5 Å². The fraction of sp³-hybridized carbons (Fsp3) is 0.552. The topological polar surface area (TPSA) is 42.0 Å². The Morgan fingerprint density at radius 3 is 1.88 bits per heavy atom. The Morgan fingerprint density at radius 2 is 1.32 bits per heavy atom. The summed E-state index contributed by atoms with van der Waals surface area (Å²) in [5, 5.41) is 0. The smallest absolute Gasteiger partial charge is 0.182 e. The van der Waals surface area contributed by atoms with E-state index in [0.29, 0.717) is 32.3 Å². The highest BCUT2D eigenvalue weighted by molar-refractivity contribution is 6.02. The molecule has 2 atom stereocenters. The Morgan fingerprint density at radius 1 is 0.735 bits per heavy atom. The first-order valence-electron chi connectivity index (χ1n) is 12.8. The number of benzene rings is 2. The summed E-state index contributed by atoms with van der Waals surface area (Å²) in [5.74, 6) is 0.935. The van der Waals surface area contributed by atoms with E-state index in [9.17, 15) is 4.79 Å². The Bertz CT molecular complexity index is 932. The summed E-state index contributed by atoms with van der Waals surface area (Å²) in [6.45, 7) is 14.7. The van der Waals surface area contributed by atoms with E-state index in [2.05, 4.69) is 80.0 Å². The minimum atomic E-state index is -0.271. The molecular formula is C29H40N2O3. The van der Waals surface area contributed by atoms with Crippen molar-refractivity contribution >= 4 is 5.78 Å². The number of nitrogens with zero attached hydrogens (tertiary/aromatic N) is 2. The minimum absolute atomic E-state index is 0.0273. The van der Waals surface area contributed by atoms with Crippen LogP contribution < -0.4 is 0 Å². The molecule has 2 fully saturated rings. The van der Waals surface area contributed by atoms with Crippen LogP contribution in [-0.4, -0.2) is 74.2 Å². The molecule has 2 aliphatic rings. The normalized spacial score (nSPS) is 19.9. The first-order chi connectivity index (χ1) is 16.5. The fourth-order valence-corrected chi connectivity index (χ4v) is 5.26. The Balaban J connectivity index is 1.81. The lowest BCUT2D eigenvalue weighted by Crippen LogP contribution is -2.55. The lowest BCUT2D eigenvalue weighted by Gasteiger charge is -2.44. The highest BCUT2D eigenvalue weighted by Gasteiger charge is 2.40. The Kier molecular flexibility index (Phi) is 8.54. The number of ether oxygens (including phenoxy) is 2. The van der Waals surface area contributed by atoms with E-state index >= 15 is 0 Å². The van der Waals surface area contributed by atoms with Crippen LogP contribution in [0.4, 0.5) is 0 Å². The molecule has 2 heterocycles. The molecule has 2 aromatic carbocycles. The number of Topliss-reactive ketones (excluding diaryl/α,β-unsaturated/α-hetero) is 1. The third-order valence-corrected chi connectivity index (χ3v) is 7.22. The van der Waals surface area contributed by atoms with Crippen LogP contribution in [-0.2, 0) is 9.47 Å². The maximum absolute atomic E-state index is 14.6. The predicted octanol–water partition coefficient (Wildman–Crippen LogP) is 4.89. The first kappa shape index (κ1) is 25.1. The second kappa shape index (κ2) is 11.6. The summed E-state index contributed by atoms with van der Waals surface area (Å²) in [6, 6.07) is 16.7. The van der Waals surface area contributed by atoms with Gasteiger partial charge in [-0.3, -0.25) is 14.6 Å². The molecule has 0 aliphatic carbocycles. The summed E-state index contributed by atoms with van der Waals surface area (Å²) in [4.78, 5) is 19.4. The summed E-state index contributed by atoms with van der Waals surface area (Å²) in [7, 11) is 0. The van der Waals surface area contributed by atoms with Crippen molar-refractivity contribution in [2.24, 2.45) is 0 Å². The molecule has 0 aromatic heterocycles. The molecule has 184 valence electrons. The molecule has 2 aromatic rings. The number of carbonyl (C=O) groups excluding carboxylic acids is 1. The average molecular weight is 465 g/mol. The van der Waals surface area contributed by atoms with Crippen LogP contribution in [0.3, 0.4) is 0 Å². The van der Waals surface area contributed by atoms with Crippen LogP contribution in [0.1, 0.15) is 72.6 Å². The standard InChI is InChI=1S/C29H40N2O3/c1-21(2)24-10-11-25(26(20-24)22(3)4)29(32)28(31-14-18-34-19-15-31)27(23-8-6-5-7-9-23)30-12-16-33-17-13-30/h5-11,20-22,27-28H,12-19H2,1-4H3/t27-,28-/m1/s1. The summed E-state index contributed by atoms with van der Waals surface area (Å²) < 4.78 is 11.4. The molecule has 0 radical (unpaired) electrons. The highest BCUT2D eigenvalue weighted by atomic mass is 16.5. The van der Waals surface area contributed by atoms with Gasteiger partial charge in [-0.15, -0.1) is 0 Å². The lowest BCUT2D eigenvalue weighted by atomic mass is 9.84. The largest absolute Gasteiger partial charge is 0.379 e. The van der Waals surface area contributed by atoms with Gasteiger partial charge in [0.2, 0.25) is 0 Å². The number of carbonyl (C=O) groups is 1. The third kappa shape index (κ3) is 5.60. The van der Waals surface area contributed by atoms with Crippen molar-refractivity contribution in [3.05, 3.63) is 70.8 Å². The number of rotatable bonds is 8. The molecule has 5 heteroatoms. The van der Waals surface area contributed by atoms with Crippen molar-refractivity contribution in [1.82, 2.24) is 9.80 Å². The van der Waals surface area contributed by atoms with Gasteiger partial charge in [-0.1, -0.05) is 76.2 Å². The van der Waals surface area contributed by atoms with Gasteiger partial charge in [0.15, 0.2) is 5.78 Å². The average Bonchev–Trinajstić information content (AvgIpc) is 2.88. The Hall–Kier alpha value is -2.05. The van der Waals surface area contributed by atoms with E-state index in [4.69, 9.17) is 9.47 Å². The van der Waals surface area contributed by atoms with Crippen molar-refractivity contribution in [2.75, 3.05) is 52.6 Å². The molecule has 34 heavy (non-hydrogen) atoms. The molecule has 0 amide bonds. The van der Waals surface area contributed by atoms with Gasteiger partial charge < -0.3 is 9.47 Å².